The Morgan fingerprint density at radius 3 is 3.00 bits per heavy atom. The summed E-state index contributed by atoms with van der Waals surface area (Å²) in [5.74, 6) is 0.366. The smallest absolute Gasteiger partial charge is 0.188 e. The highest BCUT2D eigenvalue weighted by Gasteiger charge is 2.16. The summed E-state index contributed by atoms with van der Waals surface area (Å²) in [5, 5.41) is 6.81. The zero-order chi connectivity index (χ0) is 11.7. The minimum absolute atomic E-state index is 0.107. The first-order chi connectivity index (χ1) is 7.71. The van der Waals surface area contributed by atoms with Gasteiger partial charge in [0.2, 0.25) is 0 Å². The van der Waals surface area contributed by atoms with Crippen LogP contribution in [-0.4, -0.2) is 27.5 Å². The number of fused-ring (bicyclic) bond motifs is 1. The van der Waals surface area contributed by atoms with E-state index in [4.69, 9.17) is 11.6 Å². The van der Waals surface area contributed by atoms with Gasteiger partial charge in [-0.2, -0.15) is 4.09 Å². The first kappa shape index (κ1) is 11.2. The monoisotopic (exact) mass is 260 g/mol. The number of aromatic nitrogens is 3. The molecule has 2 aromatic heterocycles. The van der Waals surface area contributed by atoms with Crippen molar-refractivity contribution in [2.24, 2.45) is 0 Å². The molecule has 1 N–H and O–H groups in total. The van der Waals surface area contributed by atoms with E-state index in [1.165, 1.54) is 6.07 Å². The molecule has 0 atom stereocenters. The van der Waals surface area contributed by atoms with Crippen molar-refractivity contribution >= 4 is 47.1 Å². The average Bonchev–Trinajstić information content (AvgIpc) is 2.65. The molecule has 0 fully saturated rings. The zero-order valence-corrected chi connectivity index (χ0v) is 9.64. The van der Waals surface area contributed by atoms with Crippen molar-refractivity contribution in [3.63, 3.8) is 0 Å². The summed E-state index contributed by atoms with van der Waals surface area (Å²) >= 11 is 5.64. The van der Waals surface area contributed by atoms with Gasteiger partial charge in [0.1, 0.15) is 16.2 Å². The Morgan fingerprint density at radius 1 is 1.69 bits per heavy atom. The maximum absolute atomic E-state index is 12.6. The largest absolute Gasteiger partial charge is 0.370 e. The maximum atomic E-state index is 12.6. The number of nitrogens with zero attached hydrogens (tertiary/aromatic N) is 3. The number of pyridine rings is 1. The normalized spacial score (nSPS) is 10.7. The predicted molar refractivity (Wildman–Crippen MR) is 61.6 cm³/mol. The van der Waals surface area contributed by atoms with E-state index >= 15 is 0 Å². The molecule has 0 aliphatic carbocycles. The SMILES string of the molecule is CNc1nn(SF)c2c(C=O)cc(Cl)nc12. The molecule has 5 nitrogen and oxygen atoms in total. The van der Waals surface area contributed by atoms with E-state index in [1.54, 1.807) is 7.05 Å². The van der Waals surface area contributed by atoms with Crippen molar-refractivity contribution in [3.8, 4) is 0 Å². The van der Waals surface area contributed by atoms with E-state index in [0.29, 0.717) is 23.1 Å². The van der Waals surface area contributed by atoms with E-state index in [1.807, 2.05) is 0 Å². The van der Waals surface area contributed by atoms with Crippen molar-refractivity contribution in [1.29, 1.82) is 0 Å². The molecule has 0 aliphatic heterocycles. The van der Waals surface area contributed by atoms with Gasteiger partial charge in [0.05, 0.1) is 0 Å². The summed E-state index contributed by atoms with van der Waals surface area (Å²) in [4.78, 5) is 14.9. The van der Waals surface area contributed by atoms with Crippen LogP contribution in [0.25, 0.3) is 11.0 Å². The summed E-state index contributed by atoms with van der Waals surface area (Å²) in [6.45, 7) is 0. The fourth-order valence-corrected chi connectivity index (χ4v) is 1.96. The maximum Gasteiger partial charge on any atom is 0.188 e. The lowest BCUT2D eigenvalue weighted by Crippen LogP contribution is -1.92. The van der Waals surface area contributed by atoms with Crippen LogP contribution in [0.2, 0.25) is 5.15 Å². The molecule has 0 amide bonds. The molecule has 0 aromatic carbocycles. The van der Waals surface area contributed by atoms with E-state index in [-0.39, 0.29) is 23.1 Å². The average molecular weight is 261 g/mol. The van der Waals surface area contributed by atoms with Gasteiger partial charge >= 0.3 is 0 Å². The molecule has 16 heavy (non-hydrogen) atoms. The van der Waals surface area contributed by atoms with Gasteiger partial charge in [0.15, 0.2) is 24.4 Å². The lowest BCUT2D eigenvalue weighted by Gasteiger charge is -1.98. The minimum Gasteiger partial charge on any atom is -0.370 e. The first-order valence-electron chi connectivity index (χ1n) is 4.22. The lowest BCUT2D eigenvalue weighted by molar-refractivity contribution is 0.112. The van der Waals surface area contributed by atoms with Gasteiger partial charge in [-0.15, -0.1) is 8.98 Å². The van der Waals surface area contributed by atoms with E-state index in [9.17, 15) is 8.68 Å². The summed E-state index contributed by atoms with van der Waals surface area (Å²) in [7, 11) is 1.62. The summed E-state index contributed by atoms with van der Waals surface area (Å²) < 4.78 is 13.6. The molecule has 0 unspecified atom stereocenters. The van der Waals surface area contributed by atoms with Crippen LogP contribution in [0, 0.1) is 0 Å². The van der Waals surface area contributed by atoms with Crippen molar-refractivity contribution in [2.45, 2.75) is 0 Å². The number of hydrogen-bond donors (Lipinski definition) is 1. The molecule has 2 aromatic rings. The van der Waals surface area contributed by atoms with Crippen LogP contribution < -0.4 is 5.32 Å². The molecule has 84 valence electrons. The number of anilines is 1. The third-order valence-corrected chi connectivity index (χ3v) is 2.62. The van der Waals surface area contributed by atoms with Gasteiger partial charge in [-0.3, -0.25) is 4.79 Å². The van der Waals surface area contributed by atoms with Gasteiger partial charge in [-0.05, 0) is 6.07 Å². The Bertz CT molecular complexity index is 558. The van der Waals surface area contributed by atoms with Gasteiger partial charge < -0.3 is 5.32 Å². The molecule has 0 bridgehead atoms. The van der Waals surface area contributed by atoms with Crippen molar-refractivity contribution in [1.82, 2.24) is 14.2 Å². The molecular weight excluding hydrogens is 255 g/mol. The van der Waals surface area contributed by atoms with E-state index < -0.39 is 0 Å². The van der Waals surface area contributed by atoms with Crippen LogP contribution in [0.4, 0.5) is 9.70 Å². The fourth-order valence-electron chi connectivity index (χ4n) is 1.39. The third kappa shape index (κ3) is 1.61. The van der Waals surface area contributed by atoms with Crippen LogP contribution in [-0.2, 0) is 0 Å². The van der Waals surface area contributed by atoms with Crippen molar-refractivity contribution in [2.75, 3.05) is 12.4 Å². The summed E-state index contributed by atoms with van der Waals surface area (Å²) in [6.07, 6.45) is 0.587. The van der Waals surface area contributed by atoms with Crippen LogP contribution in [0.5, 0.6) is 0 Å². The zero-order valence-electron chi connectivity index (χ0n) is 8.07. The lowest BCUT2D eigenvalue weighted by atomic mass is 10.2. The molecule has 0 spiro atoms. The van der Waals surface area contributed by atoms with Gasteiger partial charge in [-0.1, -0.05) is 11.6 Å². The second kappa shape index (κ2) is 4.26. The second-order valence-electron chi connectivity index (χ2n) is 2.89. The number of nitrogens with one attached hydrogen (secondary N) is 1. The molecule has 2 rings (SSSR count). The Balaban J connectivity index is 2.88. The summed E-state index contributed by atoms with van der Waals surface area (Å²) in [5.41, 5.74) is 0.910. The van der Waals surface area contributed by atoms with Gasteiger partial charge in [-0.25, -0.2) is 4.98 Å². The highest BCUT2D eigenvalue weighted by molar-refractivity contribution is 7.92. The Labute approximate surface area is 99.4 Å². The molecule has 8 heteroatoms. The Morgan fingerprint density at radius 2 is 2.44 bits per heavy atom. The number of halogens is 2. The topological polar surface area (TPSA) is 59.8 Å². The second-order valence-corrected chi connectivity index (χ2v) is 3.76. The molecular formula is C8H6ClFN4OS. The number of carbonyl (C=O) groups is 1. The minimum atomic E-state index is -0.107. The molecule has 0 saturated heterocycles. The predicted octanol–water partition coefficient (Wildman–Crippen LogP) is 2.32. The van der Waals surface area contributed by atoms with Crippen LogP contribution in [0.15, 0.2) is 6.07 Å². The highest BCUT2D eigenvalue weighted by atomic mass is 35.5. The van der Waals surface area contributed by atoms with Crippen LogP contribution in [0.3, 0.4) is 0 Å². The Kier molecular flexibility index (Phi) is 2.97. The van der Waals surface area contributed by atoms with E-state index in [2.05, 4.69) is 15.4 Å². The number of aldehydes is 1. The molecule has 0 aliphatic rings. The van der Waals surface area contributed by atoms with E-state index in [0.717, 1.165) is 4.09 Å². The van der Waals surface area contributed by atoms with Crippen LogP contribution in [0.1, 0.15) is 10.4 Å². The highest BCUT2D eigenvalue weighted by Crippen LogP contribution is 2.28. The van der Waals surface area contributed by atoms with Crippen molar-refractivity contribution in [3.05, 3.63) is 16.8 Å². The first-order valence-corrected chi connectivity index (χ1v) is 5.27. The number of hydrogen-bond acceptors (Lipinski definition) is 5. The summed E-state index contributed by atoms with van der Waals surface area (Å²) in [6, 6.07) is 1.37. The van der Waals surface area contributed by atoms with Gasteiger partial charge in [0, 0.05) is 12.6 Å². The molecule has 2 heterocycles. The quantitative estimate of drug-likeness (QED) is 0.678. The number of rotatable bonds is 3. The molecule has 0 saturated carbocycles. The van der Waals surface area contributed by atoms with Gasteiger partial charge in [0.25, 0.3) is 0 Å². The number of carbonyl (C=O) groups excluding carboxylic acids is 1. The molecule has 0 radical (unpaired) electrons. The van der Waals surface area contributed by atoms with Crippen LogP contribution >= 0.6 is 23.9 Å². The third-order valence-electron chi connectivity index (χ3n) is 2.03. The standard InChI is InChI=1S/C8H6ClFN4OS/c1-11-8-6-7(14(13-8)16-10)4(3-15)2-5(9)12-6/h2-3H,1H3,(H,11,13). The fraction of sp³-hybridized carbons (Fsp3) is 0.125. The Hall–Kier alpha value is -1.34. The van der Waals surface area contributed by atoms with Crippen molar-refractivity contribution < 1.29 is 8.68 Å².